The molecule has 4 aromatic rings. The summed E-state index contributed by atoms with van der Waals surface area (Å²) in [5, 5.41) is 12.1. The van der Waals surface area contributed by atoms with Crippen LogP contribution in [0.2, 0.25) is 0 Å². The van der Waals surface area contributed by atoms with Crippen molar-refractivity contribution in [2.75, 3.05) is 11.9 Å². The number of nitrogens with one attached hydrogen (secondary N) is 1. The molecule has 27 heavy (non-hydrogen) atoms. The number of ether oxygens (including phenoxy) is 1. The number of nitrogens with zero attached hydrogens (tertiary/aromatic N) is 6. The van der Waals surface area contributed by atoms with Gasteiger partial charge in [0.1, 0.15) is 12.1 Å². The lowest BCUT2D eigenvalue weighted by molar-refractivity contribution is 0.0940. The van der Waals surface area contributed by atoms with Gasteiger partial charge < -0.3 is 10.1 Å². The van der Waals surface area contributed by atoms with E-state index in [2.05, 4.69) is 25.5 Å². The lowest BCUT2D eigenvalue weighted by atomic mass is 10.1. The van der Waals surface area contributed by atoms with Crippen LogP contribution < -0.4 is 5.32 Å². The summed E-state index contributed by atoms with van der Waals surface area (Å²) in [6, 6.07) is 12.0. The molecule has 136 valence electrons. The van der Waals surface area contributed by atoms with Gasteiger partial charge in [-0.2, -0.15) is 19.7 Å². The predicted molar refractivity (Wildman–Crippen MR) is 101 cm³/mol. The van der Waals surface area contributed by atoms with Gasteiger partial charge in [0, 0.05) is 24.4 Å². The first-order valence-electron chi connectivity index (χ1n) is 9.02. The van der Waals surface area contributed by atoms with Crippen LogP contribution in [0.15, 0.2) is 55.1 Å². The fraction of sp³-hybridized carbons (Fsp3) is 0.263. The normalized spacial score (nSPS) is 16.8. The van der Waals surface area contributed by atoms with Crippen molar-refractivity contribution in [3.63, 3.8) is 0 Å². The van der Waals surface area contributed by atoms with Crippen LogP contribution in [0, 0.1) is 0 Å². The van der Waals surface area contributed by atoms with Crippen LogP contribution in [0.5, 0.6) is 0 Å². The van der Waals surface area contributed by atoms with E-state index in [1.807, 2.05) is 47.3 Å². The Morgan fingerprint density at radius 2 is 2.11 bits per heavy atom. The first-order valence-corrected chi connectivity index (χ1v) is 9.02. The number of benzene rings is 1. The molecule has 8 nitrogen and oxygen atoms in total. The molecule has 1 saturated heterocycles. The highest BCUT2D eigenvalue weighted by Crippen LogP contribution is 2.24. The third kappa shape index (κ3) is 3.26. The van der Waals surface area contributed by atoms with E-state index in [9.17, 15) is 0 Å². The fourth-order valence-corrected chi connectivity index (χ4v) is 3.33. The number of hydrogen-bond donors (Lipinski definition) is 1. The molecule has 1 aromatic carbocycles. The lowest BCUT2D eigenvalue weighted by Gasteiger charge is -2.09. The van der Waals surface area contributed by atoms with E-state index in [0.29, 0.717) is 5.78 Å². The highest BCUT2D eigenvalue weighted by Gasteiger charge is 2.16. The molecule has 1 aliphatic rings. The third-order valence-corrected chi connectivity index (χ3v) is 4.64. The van der Waals surface area contributed by atoms with Crippen molar-refractivity contribution in [3.8, 4) is 11.3 Å². The zero-order valence-electron chi connectivity index (χ0n) is 14.7. The average molecular weight is 361 g/mol. The van der Waals surface area contributed by atoms with Crippen molar-refractivity contribution in [2.45, 2.75) is 25.5 Å². The molecule has 0 bridgehead atoms. The van der Waals surface area contributed by atoms with E-state index in [1.54, 1.807) is 10.7 Å². The van der Waals surface area contributed by atoms with Crippen molar-refractivity contribution >= 4 is 17.3 Å². The molecule has 0 amide bonds. The summed E-state index contributed by atoms with van der Waals surface area (Å²) in [7, 11) is 0. The van der Waals surface area contributed by atoms with Crippen LogP contribution >= 0.6 is 0 Å². The number of aromatic nitrogens is 6. The number of hydrogen-bond acceptors (Lipinski definition) is 6. The Bertz CT molecular complexity index is 1050. The summed E-state index contributed by atoms with van der Waals surface area (Å²) in [4.78, 5) is 8.84. The van der Waals surface area contributed by atoms with Crippen LogP contribution in [0.4, 0.5) is 11.5 Å². The van der Waals surface area contributed by atoms with Crippen LogP contribution in [0.3, 0.4) is 0 Å². The minimum Gasteiger partial charge on any atom is -0.376 e. The SMILES string of the molecule is c1ccc(-c2cc(Nc3cnn(CC4CCCO4)c3)n3ncnc3n2)cc1. The third-order valence-electron chi connectivity index (χ3n) is 4.64. The van der Waals surface area contributed by atoms with Gasteiger partial charge in [-0.1, -0.05) is 30.3 Å². The quantitative estimate of drug-likeness (QED) is 0.589. The Hall–Kier alpha value is -3.26. The second-order valence-corrected chi connectivity index (χ2v) is 6.58. The second kappa shape index (κ2) is 6.81. The molecule has 1 N–H and O–H groups in total. The summed E-state index contributed by atoms with van der Waals surface area (Å²) >= 11 is 0. The predicted octanol–water partition coefficient (Wildman–Crippen LogP) is 2.91. The Morgan fingerprint density at radius 1 is 1.19 bits per heavy atom. The van der Waals surface area contributed by atoms with Gasteiger partial charge in [-0.05, 0) is 12.8 Å². The maximum absolute atomic E-state index is 5.68. The van der Waals surface area contributed by atoms with Gasteiger partial charge in [-0.3, -0.25) is 4.68 Å². The second-order valence-electron chi connectivity index (χ2n) is 6.58. The summed E-state index contributed by atoms with van der Waals surface area (Å²) in [5.41, 5.74) is 2.75. The summed E-state index contributed by atoms with van der Waals surface area (Å²) in [6.45, 7) is 1.62. The molecule has 8 heteroatoms. The molecule has 3 aromatic heterocycles. The van der Waals surface area contributed by atoms with Gasteiger partial charge >= 0.3 is 0 Å². The highest BCUT2D eigenvalue weighted by molar-refractivity contribution is 5.67. The number of fused-ring (bicyclic) bond motifs is 1. The molecule has 4 heterocycles. The van der Waals surface area contributed by atoms with Crippen LogP contribution in [-0.2, 0) is 11.3 Å². The van der Waals surface area contributed by atoms with E-state index in [4.69, 9.17) is 4.74 Å². The van der Waals surface area contributed by atoms with E-state index in [-0.39, 0.29) is 6.10 Å². The molecular formula is C19H19N7O. The van der Waals surface area contributed by atoms with Crippen LogP contribution in [0.25, 0.3) is 17.0 Å². The molecule has 5 rings (SSSR count). The minimum atomic E-state index is 0.255. The van der Waals surface area contributed by atoms with Gasteiger partial charge in [0.25, 0.3) is 5.78 Å². The Morgan fingerprint density at radius 3 is 2.96 bits per heavy atom. The van der Waals surface area contributed by atoms with E-state index < -0.39 is 0 Å². The van der Waals surface area contributed by atoms with Crippen molar-refractivity contribution in [1.29, 1.82) is 0 Å². The molecule has 1 fully saturated rings. The Labute approximate surface area is 155 Å². The van der Waals surface area contributed by atoms with Crippen molar-refractivity contribution in [3.05, 3.63) is 55.1 Å². The van der Waals surface area contributed by atoms with Crippen molar-refractivity contribution < 1.29 is 4.74 Å². The van der Waals surface area contributed by atoms with Gasteiger partial charge in [-0.25, -0.2) is 4.98 Å². The van der Waals surface area contributed by atoms with Crippen LogP contribution in [-0.4, -0.2) is 42.1 Å². The zero-order valence-corrected chi connectivity index (χ0v) is 14.7. The zero-order chi connectivity index (χ0) is 18.1. The first kappa shape index (κ1) is 16.0. The monoisotopic (exact) mass is 361 g/mol. The maximum Gasteiger partial charge on any atom is 0.254 e. The molecule has 0 spiro atoms. The summed E-state index contributed by atoms with van der Waals surface area (Å²) in [6.07, 6.45) is 7.76. The van der Waals surface area contributed by atoms with Gasteiger partial charge in [-0.15, -0.1) is 0 Å². The van der Waals surface area contributed by atoms with Crippen molar-refractivity contribution in [1.82, 2.24) is 29.4 Å². The van der Waals surface area contributed by atoms with E-state index in [0.717, 1.165) is 48.8 Å². The van der Waals surface area contributed by atoms with Gasteiger partial charge in [0.2, 0.25) is 0 Å². The Balaban J connectivity index is 1.44. The topological polar surface area (TPSA) is 82.2 Å². The highest BCUT2D eigenvalue weighted by atomic mass is 16.5. The molecule has 1 atom stereocenters. The average Bonchev–Trinajstić information content (AvgIpc) is 3.45. The van der Waals surface area contributed by atoms with Crippen LogP contribution in [0.1, 0.15) is 12.8 Å². The lowest BCUT2D eigenvalue weighted by Crippen LogP contribution is -2.15. The van der Waals surface area contributed by atoms with E-state index >= 15 is 0 Å². The summed E-state index contributed by atoms with van der Waals surface area (Å²) < 4.78 is 9.28. The number of anilines is 2. The molecule has 1 aliphatic heterocycles. The fourth-order valence-electron chi connectivity index (χ4n) is 3.33. The largest absolute Gasteiger partial charge is 0.376 e. The van der Waals surface area contributed by atoms with Gasteiger partial charge in [0.05, 0.1) is 30.2 Å². The van der Waals surface area contributed by atoms with E-state index in [1.165, 1.54) is 6.33 Å². The van der Waals surface area contributed by atoms with Crippen molar-refractivity contribution in [2.24, 2.45) is 0 Å². The maximum atomic E-state index is 5.68. The number of rotatable bonds is 5. The standard InChI is InChI=1S/C19H19N7O/c1-2-5-14(6-3-1)17-9-18(26-19(24-17)20-13-22-26)23-15-10-21-25(11-15)12-16-7-4-8-27-16/h1-3,5-6,9-11,13,16,23H,4,7-8,12H2. The molecule has 0 aliphatic carbocycles. The minimum absolute atomic E-state index is 0.255. The Kier molecular flexibility index (Phi) is 4.02. The summed E-state index contributed by atoms with van der Waals surface area (Å²) in [5.74, 6) is 1.33. The molecule has 1 unspecified atom stereocenters. The molecule has 0 radical (unpaired) electrons. The first-order chi connectivity index (χ1) is 13.3. The van der Waals surface area contributed by atoms with Gasteiger partial charge in [0.15, 0.2) is 0 Å². The smallest absolute Gasteiger partial charge is 0.254 e. The molecule has 0 saturated carbocycles. The molecular weight excluding hydrogens is 342 g/mol.